The van der Waals surface area contributed by atoms with E-state index < -0.39 is 17.7 Å². The highest BCUT2D eigenvalue weighted by Crippen LogP contribution is 2.47. The van der Waals surface area contributed by atoms with Gasteiger partial charge in [-0.3, -0.25) is 4.79 Å². The third-order valence-electron chi connectivity index (χ3n) is 6.24. The first-order valence-corrected chi connectivity index (χ1v) is 12.3. The number of aliphatic carboxylic acids is 1. The van der Waals surface area contributed by atoms with Crippen LogP contribution in [0.4, 0.5) is 5.69 Å². The number of halogens is 1. The lowest BCUT2D eigenvalue weighted by Crippen LogP contribution is -2.29. The fourth-order valence-corrected chi connectivity index (χ4v) is 4.64. The van der Waals surface area contributed by atoms with Gasteiger partial charge in [0.25, 0.3) is 0 Å². The summed E-state index contributed by atoms with van der Waals surface area (Å²) in [5.41, 5.74) is 7.49. The minimum atomic E-state index is -1.25. The number of carbonyl (C=O) groups excluding carboxylic acids is 1. The minimum Gasteiger partial charge on any atom is -0.479 e. The molecule has 6 heteroatoms. The fourth-order valence-electron chi connectivity index (χ4n) is 4.52. The van der Waals surface area contributed by atoms with E-state index in [1.165, 1.54) is 6.92 Å². The molecule has 0 aromatic heterocycles. The molecular formula is C30H34ClNO4. The van der Waals surface area contributed by atoms with Crippen LogP contribution in [0.2, 0.25) is 5.02 Å². The number of amides is 1. The van der Waals surface area contributed by atoms with Crippen molar-refractivity contribution in [3.05, 3.63) is 75.3 Å². The quantitative estimate of drug-likeness (QED) is 0.356. The Hall–Kier alpha value is -3.15. The predicted octanol–water partition coefficient (Wildman–Crippen LogP) is 7.81. The van der Waals surface area contributed by atoms with Gasteiger partial charge in [0.2, 0.25) is 5.91 Å². The van der Waals surface area contributed by atoms with Crippen molar-refractivity contribution in [3.8, 4) is 22.3 Å². The Morgan fingerprint density at radius 2 is 1.47 bits per heavy atom. The lowest BCUT2D eigenvalue weighted by Gasteiger charge is -2.31. The first-order valence-electron chi connectivity index (χ1n) is 11.9. The van der Waals surface area contributed by atoms with Crippen molar-refractivity contribution < 1.29 is 19.4 Å². The molecule has 0 radical (unpaired) electrons. The van der Waals surface area contributed by atoms with Crippen molar-refractivity contribution in [1.82, 2.24) is 0 Å². The summed E-state index contributed by atoms with van der Waals surface area (Å²) >= 11 is 6.19. The molecule has 0 aliphatic carbocycles. The van der Waals surface area contributed by atoms with Crippen molar-refractivity contribution in [2.24, 2.45) is 0 Å². The van der Waals surface area contributed by atoms with Gasteiger partial charge in [0, 0.05) is 23.1 Å². The maximum Gasteiger partial charge on any atom is 0.337 e. The molecule has 5 nitrogen and oxygen atoms in total. The van der Waals surface area contributed by atoms with Crippen molar-refractivity contribution >= 4 is 29.2 Å². The number of aryl methyl sites for hydroxylation is 2. The molecule has 36 heavy (non-hydrogen) atoms. The highest BCUT2D eigenvalue weighted by Gasteiger charge is 2.34. The van der Waals surface area contributed by atoms with E-state index in [0.717, 1.165) is 38.9 Å². The maximum atomic E-state index is 12.6. The summed E-state index contributed by atoms with van der Waals surface area (Å²) < 4.78 is 6.11. The summed E-state index contributed by atoms with van der Waals surface area (Å²) in [7, 11) is 0. The molecule has 1 atom stereocenters. The fraction of sp³-hybridized carbons (Fsp3) is 0.333. The predicted molar refractivity (Wildman–Crippen MR) is 147 cm³/mol. The SMILES string of the molecule is CC(=O)Nc1c(C)c(C(OC(C)(C)C)C(=O)O)c(-c2ccc(Cl)cc2)c(C)c1-c1ccc(C)c(C)c1. The van der Waals surface area contributed by atoms with Gasteiger partial charge >= 0.3 is 5.97 Å². The van der Waals surface area contributed by atoms with E-state index in [2.05, 4.69) is 24.4 Å². The summed E-state index contributed by atoms with van der Waals surface area (Å²) in [5, 5.41) is 13.9. The van der Waals surface area contributed by atoms with Crippen LogP contribution in [0, 0.1) is 27.7 Å². The molecule has 0 aliphatic rings. The molecule has 0 saturated heterocycles. The van der Waals surface area contributed by atoms with Crippen molar-refractivity contribution in [2.45, 2.75) is 67.1 Å². The van der Waals surface area contributed by atoms with E-state index in [1.54, 1.807) is 12.1 Å². The first-order chi connectivity index (χ1) is 16.7. The molecule has 3 rings (SSSR count). The van der Waals surface area contributed by atoms with Crippen molar-refractivity contribution in [2.75, 3.05) is 5.32 Å². The number of rotatable bonds is 6. The third kappa shape index (κ3) is 5.80. The molecule has 0 fully saturated rings. The summed E-state index contributed by atoms with van der Waals surface area (Å²) in [6.07, 6.45) is -1.25. The Morgan fingerprint density at radius 1 is 0.889 bits per heavy atom. The number of hydrogen-bond donors (Lipinski definition) is 2. The zero-order chi connectivity index (χ0) is 26.9. The van der Waals surface area contributed by atoms with E-state index >= 15 is 0 Å². The molecular weight excluding hydrogens is 474 g/mol. The summed E-state index contributed by atoms with van der Waals surface area (Å²) in [5.74, 6) is -1.34. The van der Waals surface area contributed by atoms with Crippen LogP contribution in [-0.2, 0) is 14.3 Å². The molecule has 0 spiro atoms. The van der Waals surface area contributed by atoms with Crippen LogP contribution in [0.1, 0.15) is 61.6 Å². The van der Waals surface area contributed by atoms with Gasteiger partial charge in [-0.2, -0.15) is 0 Å². The molecule has 190 valence electrons. The van der Waals surface area contributed by atoms with E-state index in [1.807, 2.05) is 59.7 Å². The Balaban J connectivity index is 2.53. The lowest BCUT2D eigenvalue weighted by atomic mass is 9.82. The number of benzene rings is 3. The molecule has 0 heterocycles. The smallest absolute Gasteiger partial charge is 0.337 e. The average molecular weight is 508 g/mol. The molecule has 3 aromatic rings. The zero-order valence-corrected chi connectivity index (χ0v) is 22.9. The Bertz CT molecular complexity index is 1320. The molecule has 0 aliphatic heterocycles. The number of ether oxygens (including phenoxy) is 1. The Morgan fingerprint density at radius 3 is 1.97 bits per heavy atom. The van der Waals surface area contributed by atoms with Crippen molar-refractivity contribution in [1.29, 1.82) is 0 Å². The molecule has 1 unspecified atom stereocenters. The van der Waals surface area contributed by atoms with Crippen LogP contribution in [0.3, 0.4) is 0 Å². The second-order valence-electron chi connectivity index (χ2n) is 10.2. The molecule has 3 aromatic carbocycles. The van der Waals surface area contributed by atoms with Gasteiger partial charge in [-0.25, -0.2) is 4.79 Å². The Labute approximate surface area is 218 Å². The highest BCUT2D eigenvalue weighted by atomic mass is 35.5. The van der Waals surface area contributed by atoms with Gasteiger partial charge in [-0.05, 0) is 99.5 Å². The molecule has 1 amide bonds. The zero-order valence-electron chi connectivity index (χ0n) is 22.2. The van der Waals surface area contributed by atoms with E-state index in [4.69, 9.17) is 16.3 Å². The number of nitrogens with one attached hydrogen (secondary N) is 1. The average Bonchev–Trinajstić information content (AvgIpc) is 2.76. The lowest BCUT2D eigenvalue weighted by molar-refractivity contribution is -0.160. The Kier molecular flexibility index (Phi) is 7.97. The number of carboxylic acids is 1. The first kappa shape index (κ1) is 27.4. The number of carbonyl (C=O) groups is 2. The summed E-state index contributed by atoms with van der Waals surface area (Å²) in [6.45, 7) is 14.8. The van der Waals surface area contributed by atoms with Gasteiger partial charge in [-0.15, -0.1) is 0 Å². The minimum absolute atomic E-state index is 0.239. The van der Waals surface area contributed by atoms with Crippen LogP contribution in [0.5, 0.6) is 0 Å². The summed E-state index contributed by atoms with van der Waals surface area (Å²) in [4.78, 5) is 25.0. The molecule has 0 saturated carbocycles. The topological polar surface area (TPSA) is 75.6 Å². The van der Waals surface area contributed by atoms with Gasteiger partial charge in [0.05, 0.1) is 11.3 Å². The third-order valence-corrected chi connectivity index (χ3v) is 6.49. The second kappa shape index (κ2) is 10.5. The van der Waals surface area contributed by atoms with Crippen LogP contribution in [-0.4, -0.2) is 22.6 Å². The normalized spacial score (nSPS) is 12.4. The standard InChI is InChI=1S/C30H34ClNO4/c1-16-9-10-22(15-17(16)2)25-18(3)24(21-11-13-23(31)14-12-21)26(19(4)27(25)32-20(5)33)28(29(34)35)36-30(6,7)8/h9-15,28H,1-8H3,(H,32,33)(H,34,35). The molecule has 2 N–H and O–H groups in total. The van der Waals surface area contributed by atoms with E-state index in [-0.39, 0.29) is 5.91 Å². The maximum absolute atomic E-state index is 12.6. The van der Waals surface area contributed by atoms with Gasteiger partial charge in [0.1, 0.15) is 0 Å². The molecule has 0 bridgehead atoms. The van der Waals surface area contributed by atoms with Crippen LogP contribution < -0.4 is 5.32 Å². The van der Waals surface area contributed by atoms with Crippen molar-refractivity contribution in [3.63, 3.8) is 0 Å². The number of carboxylic acid groups (broad SMARTS) is 1. The van der Waals surface area contributed by atoms with E-state index in [9.17, 15) is 14.7 Å². The highest BCUT2D eigenvalue weighted by molar-refractivity contribution is 6.30. The van der Waals surface area contributed by atoms with Crippen LogP contribution in [0.25, 0.3) is 22.3 Å². The summed E-state index contributed by atoms with van der Waals surface area (Å²) in [6, 6.07) is 13.5. The monoisotopic (exact) mass is 507 g/mol. The van der Waals surface area contributed by atoms with Gasteiger partial charge in [-0.1, -0.05) is 41.9 Å². The van der Waals surface area contributed by atoms with Gasteiger partial charge in [0.15, 0.2) is 6.10 Å². The number of hydrogen-bond acceptors (Lipinski definition) is 3. The van der Waals surface area contributed by atoms with Gasteiger partial charge < -0.3 is 15.2 Å². The largest absolute Gasteiger partial charge is 0.479 e. The number of anilines is 1. The van der Waals surface area contributed by atoms with E-state index in [0.29, 0.717) is 21.8 Å². The van der Waals surface area contributed by atoms with Crippen LogP contribution >= 0.6 is 11.6 Å². The second-order valence-corrected chi connectivity index (χ2v) is 10.7. The van der Waals surface area contributed by atoms with Crippen LogP contribution in [0.15, 0.2) is 42.5 Å².